The summed E-state index contributed by atoms with van der Waals surface area (Å²) in [6, 6.07) is 0. The molecular weight excluding hydrogens is 372 g/mol. The van der Waals surface area contributed by atoms with E-state index in [0.29, 0.717) is 0 Å². The average Bonchev–Trinajstić information content (AvgIpc) is 3.43. The maximum atomic E-state index is 11.0. The van der Waals surface area contributed by atoms with Crippen molar-refractivity contribution in [2.75, 3.05) is 26.2 Å². The SMILES string of the molecule is CCCCCCCCCCCCCCCCCC1=NCCN1C(C)(O)N1C=NCC1. The van der Waals surface area contributed by atoms with Crippen LogP contribution < -0.4 is 0 Å². The number of hydrogen-bond acceptors (Lipinski definition) is 5. The highest BCUT2D eigenvalue weighted by Crippen LogP contribution is 2.23. The summed E-state index contributed by atoms with van der Waals surface area (Å²) in [6.07, 6.45) is 23.6. The summed E-state index contributed by atoms with van der Waals surface area (Å²) in [5, 5.41) is 11.0. The fourth-order valence-electron chi connectivity index (χ4n) is 4.67. The van der Waals surface area contributed by atoms with E-state index in [0.717, 1.165) is 38.4 Å². The van der Waals surface area contributed by atoms with Crippen LogP contribution in [0, 0.1) is 0 Å². The number of hydrogen-bond donors (Lipinski definition) is 1. The van der Waals surface area contributed by atoms with Crippen molar-refractivity contribution in [3.63, 3.8) is 0 Å². The van der Waals surface area contributed by atoms with Crippen molar-refractivity contribution in [1.82, 2.24) is 9.80 Å². The summed E-state index contributed by atoms with van der Waals surface area (Å²) in [7, 11) is 0. The fourth-order valence-corrected chi connectivity index (χ4v) is 4.67. The largest absolute Gasteiger partial charge is 0.354 e. The fraction of sp³-hybridized carbons (Fsp3) is 0.920. The zero-order valence-corrected chi connectivity index (χ0v) is 20.0. The molecule has 0 radical (unpaired) electrons. The minimum atomic E-state index is -0.995. The Kier molecular flexibility index (Phi) is 12.4. The Morgan fingerprint density at radius 1 is 0.800 bits per heavy atom. The van der Waals surface area contributed by atoms with Crippen LogP contribution >= 0.6 is 0 Å². The molecule has 0 aromatic heterocycles. The van der Waals surface area contributed by atoms with Crippen molar-refractivity contribution in [2.45, 2.75) is 122 Å². The molecule has 5 heteroatoms. The molecule has 2 heterocycles. The van der Waals surface area contributed by atoms with Gasteiger partial charge in [0, 0.05) is 26.4 Å². The van der Waals surface area contributed by atoms with E-state index >= 15 is 0 Å². The monoisotopic (exact) mass is 420 g/mol. The average molecular weight is 421 g/mol. The van der Waals surface area contributed by atoms with E-state index in [1.165, 1.54) is 96.3 Å². The summed E-state index contributed by atoms with van der Waals surface area (Å²) in [6.45, 7) is 7.33. The molecule has 174 valence electrons. The Morgan fingerprint density at radius 3 is 1.83 bits per heavy atom. The van der Waals surface area contributed by atoms with Gasteiger partial charge in [-0.2, -0.15) is 0 Å². The maximum Gasteiger partial charge on any atom is 0.217 e. The van der Waals surface area contributed by atoms with Crippen molar-refractivity contribution in [1.29, 1.82) is 0 Å². The minimum absolute atomic E-state index is 0.773. The Hall–Kier alpha value is -1.10. The number of amidine groups is 1. The van der Waals surface area contributed by atoms with Gasteiger partial charge in [-0.15, -0.1) is 0 Å². The number of rotatable bonds is 18. The first-order valence-corrected chi connectivity index (χ1v) is 13.0. The van der Waals surface area contributed by atoms with Gasteiger partial charge in [0.1, 0.15) is 5.84 Å². The van der Waals surface area contributed by atoms with Gasteiger partial charge in [-0.25, -0.2) is 0 Å². The highest BCUT2D eigenvalue weighted by molar-refractivity contribution is 5.84. The second kappa shape index (κ2) is 14.8. The van der Waals surface area contributed by atoms with Crippen molar-refractivity contribution < 1.29 is 5.11 Å². The second-order valence-corrected chi connectivity index (χ2v) is 9.34. The van der Waals surface area contributed by atoms with Crippen LogP contribution in [0.5, 0.6) is 0 Å². The van der Waals surface area contributed by atoms with Gasteiger partial charge in [-0.3, -0.25) is 9.98 Å². The van der Waals surface area contributed by atoms with Crippen LogP contribution in [0.2, 0.25) is 0 Å². The van der Waals surface area contributed by atoms with E-state index in [-0.39, 0.29) is 0 Å². The van der Waals surface area contributed by atoms with Gasteiger partial charge >= 0.3 is 0 Å². The van der Waals surface area contributed by atoms with Crippen LogP contribution in [0.15, 0.2) is 9.98 Å². The molecule has 1 N–H and O–H groups in total. The zero-order valence-electron chi connectivity index (χ0n) is 20.0. The maximum absolute atomic E-state index is 11.0. The minimum Gasteiger partial charge on any atom is -0.354 e. The molecule has 1 atom stereocenters. The Balaban J connectivity index is 1.42. The summed E-state index contributed by atoms with van der Waals surface area (Å²) >= 11 is 0. The lowest BCUT2D eigenvalue weighted by Crippen LogP contribution is -2.59. The Labute approximate surface area is 186 Å². The highest BCUT2D eigenvalue weighted by atomic mass is 16.3. The van der Waals surface area contributed by atoms with Crippen LogP contribution in [0.4, 0.5) is 0 Å². The standard InChI is InChI=1S/C25H48N4O/c1-3-4-5-6-7-8-9-10-11-12-13-14-15-16-17-18-24-27-20-22-29(24)25(2,30)28-21-19-26-23-28/h23,30H,3-22H2,1-2H3. The molecule has 2 rings (SSSR count). The Bertz CT molecular complexity index is 503. The quantitative estimate of drug-likeness (QED) is 0.278. The molecule has 2 aliphatic heterocycles. The van der Waals surface area contributed by atoms with Gasteiger partial charge in [0.15, 0.2) is 0 Å². The van der Waals surface area contributed by atoms with Crippen molar-refractivity contribution in [3.8, 4) is 0 Å². The first-order valence-electron chi connectivity index (χ1n) is 13.0. The van der Waals surface area contributed by atoms with E-state index in [4.69, 9.17) is 0 Å². The molecule has 0 aromatic rings. The molecule has 0 bridgehead atoms. The van der Waals surface area contributed by atoms with E-state index in [9.17, 15) is 5.11 Å². The predicted octanol–water partition coefficient (Wildman–Crippen LogP) is 5.97. The van der Waals surface area contributed by atoms with Gasteiger partial charge in [-0.1, -0.05) is 96.8 Å². The normalized spacial score (nSPS) is 18.3. The Morgan fingerprint density at radius 2 is 1.33 bits per heavy atom. The van der Waals surface area contributed by atoms with Crippen LogP contribution in [0.25, 0.3) is 0 Å². The van der Waals surface area contributed by atoms with Gasteiger partial charge in [-0.05, 0) is 6.42 Å². The molecular formula is C25H48N4O. The molecule has 30 heavy (non-hydrogen) atoms. The molecule has 0 spiro atoms. The third-order valence-corrected chi connectivity index (χ3v) is 6.68. The molecule has 5 nitrogen and oxygen atoms in total. The van der Waals surface area contributed by atoms with Gasteiger partial charge in [0.25, 0.3) is 0 Å². The number of unbranched alkanes of at least 4 members (excludes halogenated alkanes) is 14. The molecule has 0 saturated carbocycles. The third-order valence-electron chi connectivity index (χ3n) is 6.68. The topological polar surface area (TPSA) is 51.4 Å². The zero-order chi connectivity index (χ0) is 21.5. The van der Waals surface area contributed by atoms with Crippen molar-refractivity contribution >= 4 is 12.2 Å². The number of aliphatic imine (C=N–C) groups is 2. The van der Waals surface area contributed by atoms with Gasteiger partial charge in [0.2, 0.25) is 5.85 Å². The second-order valence-electron chi connectivity index (χ2n) is 9.34. The molecule has 0 aliphatic carbocycles. The summed E-state index contributed by atoms with van der Waals surface area (Å²) in [5.41, 5.74) is 0. The van der Waals surface area contributed by atoms with Crippen LogP contribution in [-0.4, -0.2) is 59.1 Å². The van der Waals surface area contributed by atoms with Gasteiger partial charge < -0.3 is 14.9 Å². The van der Waals surface area contributed by atoms with E-state index in [1.807, 2.05) is 11.8 Å². The first-order chi connectivity index (χ1) is 14.7. The smallest absolute Gasteiger partial charge is 0.217 e. The summed E-state index contributed by atoms with van der Waals surface area (Å²) in [4.78, 5) is 12.9. The van der Waals surface area contributed by atoms with Crippen molar-refractivity contribution in [2.24, 2.45) is 9.98 Å². The van der Waals surface area contributed by atoms with Crippen LogP contribution in [0.1, 0.15) is 117 Å². The lowest BCUT2D eigenvalue weighted by molar-refractivity contribution is -0.136. The number of nitrogens with zero attached hydrogens (tertiary/aromatic N) is 4. The van der Waals surface area contributed by atoms with E-state index in [2.05, 4.69) is 21.8 Å². The highest BCUT2D eigenvalue weighted by Gasteiger charge is 2.38. The van der Waals surface area contributed by atoms with Crippen LogP contribution in [0.3, 0.4) is 0 Å². The third kappa shape index (κ3) is 8.95. The van der Waals surface area contributed by atoms with Gasteiger partial charge in [0.05, 0.1) is 19.4 Å². The number of aliphatic hydroxyl groups is 1. The first kappa shape index (κ1) is 25.2. The predicted molar refractivity (Wildman–Crippen MR) is 129 cm³/mol. The summed E-state index contributed by atoms with van der Waals surface area (Å²) in [5.74, 6) is 0.0835. The van der Waals surface area contributed by atoms with Crippen LogP contribution in [-0.2, 0) is 0 Å². The molecule has 0 amide bonds. The molecule has 1 unspecified atom stereocenters. The lowest BCUT2D eigenvalue weighted by Gasteiger charge is -2.42. The van der Waals surface area contributed by atoms with E-state index < -0.39 is 5.85 Å². The summed E-state index contributed by atoms with van der Waals surface area (Å²) < 4.78 is 0. The van der Waals surface area contributed by atoms with E-state index in [1.54, 1.807) is 6.34 Å². The molecule has 2 aliphatic rings. The van der Waals surface area contributed by atoms with Crippen molar-refractivity contribution in [3.05, 3.63) is 0 Å². The molecule has 0 fully saturated rings. The molecule has 0 saturated heterocycles. The molecule has 0 aromatic carbocycles. The lowest BCUT2D eigenvalue weighted by atomic mass is 10.0.